The molecule has 1 aliphatic rings. The molecule has 0 aromatic heterocycles. The summed E-state index contributed by atoms with van der Waals surface area (Å²) in [6.07, 6.45) is 7.31. The Kier molecular flexibility index (Phi) is 8.71. The van der Waals surface area contributed by atoms with Gasteiger partial charge in [-0.15, -0.1) is 0 Å². The number of hydrogen-bond donors (Lipinski definition) is 2. The van der Waals surface area contributed by atoms with Gasteiger partial charge < -0.3 is 15.1 Å². The van der Waals surface area contributed by atoms with Crippen LogP contribution in [-0.4, -0.2) is 50.8 Å². The second-order valence-corrected chi connectivity index (χ2v) is 7.51. The van der Waals surface area contributed by atoms with Gasteiger partial charge in [0.2, 0.25) is 0 Å². The van der Waals surface area contributed by atoms with Crippen molar-refractivity contribution in [2.24, 2.45) is 0 Å². The number of aliphatic hydroxyl groups is 1. The zero-order valence-corrected chi connectivity index (χ0v) is 15.7. The first-order valence-electron chi connectivity index (χ1n) is 9.12. The lowest BCUT2D eigenvalue weighted by Crippen LogP contribution is -2.33. The minimum absolute atomic E-state index is 0.0249. The summed E-state index contributed by atoms with van der Waals surface area (Å²) in [4.78, 5) is 24.4. The van der Waals surface area contributed by atoms with Crippen molar-refractivity contribution in [2.75, 3.05) is 12.3 Å². The van der Waals surface area contributed by atoms with Crippen LogP contribution < -0.4 is 0 Å². The van der Waals surface area contributed by atoms with Gasteiger partial charge in [0.25, 0.3) is 5.24 Å². The highest BCUT2D eigenvalue weighted by Crippen LogP contribution is 2.25. The van der Waals surface area contributed by atoms with Crippen LogP contribution in [0.4, 0.5) is 4.79 Å². The molecular formula is C20H27NO4S. The Balaban J connectivity index is 1.74. The number of hydrogen-bond acceptors (Lipinski definition) is 4. The van der Waals surface area contributed by atoms with E-state index in [4.69, 9.17) is 5.11 Å². The Morgan fingerprint density at radius 1 is 1.23 bits per heavy atom. The van der Waals surface area contributed by atoms with Crippen LogP contribution >= 0.6 is 11.8 Å². The smallest absolute Gasteiger partial charge is 0.303 e. The summed E-state index contributed by atoms with van der Waals surface area (Å²) in [5, 5.41) is 18.9. The largest absolute Gasteiger partial charge is 0.481 e. The topological polar surface area (TPSA) is 77.8 Å². The van der Waals surface area contributed by atoms with Crippen LogP contribution in [0.3, 0.4) is 0 Å². The molecule has 0 saturated carbocycles. The highest BCUT2D eigenvalue weighted by atomic mass is 32.2. The number of benzene rings is 1. The monoisotopic (exact) mass is 377 g/mol. The normalized spacial score (nSPS) is 18.6. The number of rotatable bonds is 11. The Morgan fingerprint density at radius 2 is 1.96 bits per heavy atom. The van der Waals surface area contributed by atoms with Crippen LogP contribution in [0.15, 0.2) is 42.5 Å². The predicted molar refractivity (Wildman–Crippen MR) is 104 cm³/mol. The molecule has 1 aliphatic heterocycles. The summed E-state index contributed by atoms with van der Waals surface area (Å²) in [6.45, 7) is 0.683. The minimum atomic E-state index is -0.754. The zero-order chi connectivity index (χ0) is 18.8. The molecule has 2 rings (SSSR count). The third-order valence-electron chi connectivity index (χ3n) is 4.40. The molecule has 1 fully saturated rings. The number of thioether (sulfide) groups is 1. The highest BCUT2D eigenvalue weighted by Gasteiger charge is 2.29. The van der Waals surface area contributed by atoms with E-state index in [2.05, 4.69) is 0 Å². The molecule has 0 bridgehead atoms. The van der Waals surface area contributed by atoms with Crippen molar-refractivity contribution in [1.29, 1.82) is 0 Å². The molecule has 0 radical (unpaired) electrons. The molecule has 6 heteroatoms. The minimum Gasteiger partial charge on any atom is -0.481 e. The van der Waals surface area contributed by atoms with Crippen molar-refractivity contribution in [3.05, 3.63) is 48.0 Å². The van der Waals surface area contributed by atoms with Crippen molar-refractivity contribution in [3.63, 3.8) is 0 Å². The lowest BCUT2D eigenvalue weighted by atomic mass is 10.1. The summed E-state index contributed by atoms with van der Waals surface area (Å²) in [6, 6.07) is 9.86. The van der Waals surface area contributed by atoms with Crippen LogP contribution in [-0.2, 0) is 11.2 Å². The van der Waals surface area contributed by atoms with E-state index in [0.29, 0.717) is 25.1 Å². The van der Waals surface area contributed by atoms with Gasteiger partial charge in [-0.25, -0.2) is 0 Å². The molecular weight excluding hydrogens is 350 g/mol. The maximum Gasteiger partial charge on any atom is 0.303 e. The Bertz CT molecular complexity index is 605. The van der Waals surface area contributed by atoms with Crippen molar-refractivity contribution in [2.45, 2.75) is 50.7 Å². The van der Waals surface area contributed by atoms with Gasteiger partial charge >= 0.3 is 5.97 Å². The molecule has 1 amide bonds. The van der Waals surface area contributed by atoms with Gasteiger partial charge in [-0.2, -0.15) is 0 Å². The average molecular weight is 378 g/mol. The molecule has 0 aliphatic carbocycles. The van der Waals surface area contributed by atoms with Gasteiger partial charge in [0.15, 0.2) is 0 Å². The van der Waals surface area contributed by atoms with Crippen molar-refractivity contribution >= 4 is 23.0 Å². The Labute approximate surface area is 159 Å². The van der Waals surface area contributed by atoms with E-state index in [9.17, 15) is 14.7 Å². The molecule has 1 saturated heterocycles. The number of aliphatic hydroxyl groups excluding tert-OH is 1. The fraction of sp³-hybridized carbons (Fsp3) is 0.500. The van der Waals surface area contributed by atoms with E-state index in [-0.39, 0.29) is 17.7 Å². The molecule has 142 valence electrons. The van der Waals surface area contributed by atoms with Gasteiger partial charge in [-0.3, -0.25) is 9.59 Å². The lowest BCUT2D eigenvalue weighted by molar-refractivity contribution is -0.137. The quantitative estimate of drug-likeness (QED) is 0.454. The molecule has 0 spiro atoms. The SMILES string of the molecule is O=C(O)CCCCCCN1C(=O)SC[C@@H]1/C=C/C(O)Cc1ccccc1. The first-order valence-corrected chi connectivity index (χ1v) is 10.1. The number of nitrogens with zero attached hydrogens (tertiary/aromatic N) is 1. The van der Waals surface area contributed by atoms with Gasteiger partial charge in [-0.05, 0) is 18.4 Å². The molecule has 1 heterocycles. The van der Waals surface area contributed by atoms with E-state index in [1.54, 1.807) is 6.08 Å². The summed E-state index contributed by atoms with van der Waals surface area (Å²) in [5.41, 5.74) is 1.08. The van der Waals surface area contributed by atoms with Crippen molar-refractivity contribution in [1.82, 2.24) is 4.90 Å². The number of unbranched alkanes of at least 4 members (excludes halogenated alkanes) is 3. The highest BCUT2D eigenvalue weighted by molar-refractivity contribution is 8.13. The fourth-order valence-corrected chi connectivity index (χ4v) is 3.97. The Morgan fingerprint density at radius 3 is 2.69 bits per heavy atom. The van der Waals surface area contributed by atoms with Gasteiger partial charge in [0.05, 0.1) is 12.1 Å². The second-order valence-electron chi connectivity index (χ2n) is 6.54. The van der Waals surface area contributed by atoms with E-state index >= 15 is 0 Å². The van der Waals surface area contributed by atoms with Gasteiger partial charge in [0.1, 0.15) is 0 Å². The molecule has 1 unspecified atom stereocenters. The number of amides is 1. The third-order valence-corrected chi connectivity index (χ3v) is 5.38. The maximum absolute atomic E-state index is 12.0. The summed E-state index contributed by atoms with van der Waals surface area (Å²) < 4.78 is 0. The van der Waals surface area contributed by atoms with Crippen LogP contribution in [0, 0.1) is 0 Å². The lowest BCUT2D eigenvalue weighted by Gasteiger charge is -2.21. The number of carboxylic acid groups (broad SMARTS) is 1. The summed E-state index contributed by atoms with van der Waals surface area (Å²) in [7, 11) is 0. The molecule has 1 aromatic rings. The van der Waals surface area contributed by atoms with E-state index in [1.807, 2.05) is 41.3 Å². The maximum atomic E-state index is 12.0. The summed E-state index contributed by atoms with van der Waals surface area (Å²) >= 11 is 1.32. The standard InChI is InChI=1S/C20H27NO4S/c22-18(14-16-8-4-3-5-9-16)12-11-17-15-26-20(25)21(17)13-7-2-1-6-10-19(23)24/h3-5,8-9,11-12,17-18,22H,1-2,6-7,10,13-15H2,(H,23,24)/b12-11+/t17-,18?/m0/s1. The molecule has 1 aromatic carbocycles. The van der Waals surface area contributed by atoms with E-state index in [0.717, 1.165) is 24.8 Å². The summed E-state index contributed by atoms with van der Waals surface area (Å²) in [5.74, 6) is -0.0396. The van der Waals surface area contributed by atoms with Crippen molar-refractivity contribution < 1.29 is 19.8 Å². The Hall–Kier alpha value is -1.79. The predicted octanol–water partition coefficient (Wildman–Crippen LogP) is 3.72. The van der Waals surface area contributed by atoms with E-state index in [1.165, 1.54) is 11.8 Å². The number of aliphatic carboxylic acids is 1. The van der Waals surface area contributed by atoms with Crippen molar-refractivity contribution in [3.8, 4) is 0 Å². The van der Waals surface area contributed by atoms with Crippen LogP contribution in [0.5, 0.6) is 0 Å². The van der Waals surface area contributed by atoms with Gasteiger partial charge in [0, 0.05) is 25.1 Å². The van der Waals surface area contributed by atoms with Gasteiger partial charge in [-0.1, -0.05) is 67.1 Å². The molecule has 2 atom stereocenters. The van der Waals surface area contributed by atoms with Crippen LogP contribution in [0.25, 0.3) is 0 Å². The molecule has 2 N–H and O–H groups in total. The molecule has 26 heavy (non-hydrogen) atoms. The molecule has 5 nitrogen and oxygen atoms in total. The fourth-order valence-electron chi connectivity index (χ4n) is 2.97. The third kappa shape index (κ3) is 7.22. The first kappa shape index (κ1) is 20.5. The second kappa shape index (κ2) is 11.0. The number of carboxylic acids is 1. The zero-order valence-electron chi connectivity index (χ0n) is 14.9. The van der Waals surface area contributed by atoms with Crippen LogP contribution in [0.1, 0.15) is 37.7 Å². The average Bonchev–Trinajstić information content (AvgIpc) is 2.97. The van der Waals surface area contributed by atoms with E-state index < -0.39 is 12.1 Å². The first-order chi connectivity index (χ1) is 12.6. The number of carbonyl (C=O) groups is 2. The van der Waals surface area contributed by atoms with Crippen LogP contribution in [0.2, 0.25) is 0 Å². The number of carbonyl (C=O) groups excluding carboxylic acids is 1.